The number of hydrogen-bond acceptors (Lipinski definition) is 42. The minimum absolute atomic E-state index is 0.840. The van der Waals surface area contributed by atoms with E-state index in [1.807, 2.05) is 0 Å². The molecule has 0 unspecified atom stereocenters. The van der Waals surface area contributed by atoms with Gasteiger partial charge in [0.2, 0.25) is 23.6 Å². The van der Waals surface area contributed by atoms with E-state index in [4.69, 9.17) is 66.3 Å². The summed E-state index contributed by atoms with van der Waals surface area (Å²) in [7, 11) is -5.40. The van der Waals surface area contributed by atoms with Crippen molar-refractivity contribution in [2.24, 2.45) is 0 Å². The minimum Gasteiger partial charge on any atom is -0.394 e. The molecule has 7 aliphatic heterocycles. The van der Waals surface area contributed by atoms with Crippen molar-refractivity contribution in [2.75, 3.05) is 52.9 Å². The van der Waals surface area contributed by atoms with Crippen LogP contribution in [-0.4, -0.2) is 436 Å². The molecule has 48 heteroatoms. The first-order valence-electron chi connectivity index (χ1n) is 32.5. The average Bonchev–Trinajstić information content (AvgIpc) is 0.767. The summed E-state index contributed by atoms with van der Waals surface area (Å²) < 4.78 is 119. The summed E-state index contributed by atoms with van der Waals surface area (Å²) in [5.41, 5.74) is 0. The highest BCUT2D eigenvalue weighted by molar-refractivity contribution is 7.80. The lowest BCUT2D eigenvalue weighted by molar-refractivity contribution is -0.396. The van der Waals surface area contributed by atoms with Crippen molar-refractivity contribution in [3.63, 3.8) is 0 Å². The Labute approximate surface area is 590 Å². The van der Waals surface area contributed by atoms with Gasteiger partial charge in [0, 0.05) is 27.7 Å². The largest absolute Gasteiger partial charge is 0.397 e. The Hall–Kier alpha value is -3.65. The Morgan fingerprint density at radius 3 is 1.29 bits per heavy atom. The van der Waals surface area contributed by atoms with Gasteiger partial charge in [0.15, 0.2) is 44.0 Å². The Balaban J connectivity index is 1.21. The third kappa shape index (κ3) is 20.9. The smallest absolute Gasteiger partial charge is 0.394 e. The van der Waals surface area contributed by atoms with E-state index in [1.54, 1.807) is 0 Å². The fourth-order valence-electron chi connectivity index (χ4n) is 12.7. The van der Waals surface area contributed by atoms with Gasteiger partial charge < -0.3 is 195 Å². The Kier molecular flexibility index (Phi) is 32.3. The normalized spacial score (nSPS) is 44.2. The van der Waals surface area contributed by atoms with Crippen LogP contribution in [0.3, 0.4) is 0 Å². The van der Waals surface area contributed by atoms with Crippen LogP contribution in [0.25, 0.3) is 0 Å². The maximum absolute atomic E-state index is 13.0. The Morgan fingerprint density at radius 2 is 0.808 bits per heavy atom. The SMILES string of the molecule is CC(=O)N[C@H]1[C@H](O[C@H]2[C@H](O)[C@@H](NC(C)=O)[C@H](O[C@@H]3[C@@H](O[C@@H]4[C@H](O)[C@H](O[C@H]5[C@H](O)[C@@H](NC(C)=O)[C@H](O[C@@H]([C@H](O)[C@H](CO)NC(C)=O)[C@H](O)CO[C@@H]6O[C@@H](C)[C@@H](O)[C@@H](O)[C@@H]6O)O[C@@H]5CO)O[C@H](CO[C@H]5O[C@H](CO)[C@@H](O)[C@H](O)[C@@H]5O)[C@H]4O)O[C@H](CO)[C@@H](O)[C@@H]3O)O[C@@H]2CO)O[C@H](CO)[C@H](OS(=O)(=O)O)[C@@H]1O. The van der Waals surface area contributed by atoms with E-state index in [2.05, 4.69) is 25.5 Å². The zero-order valence-electron chi connectivity index (χ0n) is 56.0. The molecule has 0 aliphatic carbocycles. The molecule has 4 amide bonds. The molecule has 47 nitrogen and oxygen atoms in total. The quantitative estimate of drug-likeness (QED) is 0.0287. The summed E-state index contributed by atoms with van der Waals surface area (Å²) in [5, 5.41) is 242. The summed E-state index contributed by atoms with van der Waals surface area (Å²) in [6.07, 6.45) is -72.9. The predicted molar refractivity (Wildman–Crippen MR) is 322 cm³/mol. The molecule has 7 saturated heterocycles. The van der Waals surface area contributed by atoms with Gasteiger partial charge in [-0.25, -0.2) is 4.18 Å². The number of rotatable bonds is 31. The van der Waals surface area contributed by atoms with Crippen molar-refractivity contribution < 1.29 is 210 Å². The zero-order valence-corrected chi connectivity index (χ0v) is 56.8. The first-order chi connectivity index (χ1) is 48.8. The Bertz CT molecular complexity index is 2840. The predicted octanol–water partition coefficient (Wildman–Crippen LogP) is -17.4. The van der Waals surface area contributed by atoms with Crippen molar-refractivity contribution in [3.8, 4) is 0 Å². The second kappa shape index (κ2) is 38.3. The van der Waals surface area contributed by atoms with E-state index < -0.39 is 326 Å². The minimum atomic E-state index is -5.40. The molecule has 7 fully saturated rings. The molecule has 104 heavy (non-hydrogen) atoms. The molecule has 0 radical (unpaired) electrons. The lowest BCUT2D eigenvalue weighted by Crippen LogP contribution is -2.71. The topological polar surface area (TPSA) is 734 Å². The highest BCUT2D eigenvalue weighted by Gasteiger charge is 2.59. The van der Waals surface area contributed by atoms with E-state index in [9.17, 15) is 139 Å². The summed E-state index contributed by atoms with van der Waals surface area (Å²) in [6, 6.07) is -7.62. The molecular formula is C56H96N4O43S. The van der Waals surface area contributed by atoms with Crippen molar-refractivity contribution in [3.05, 3.63) is 0 Å². The first-order valence-corrected chi connectivity index (χ1v) is 33.9. The van der Waals surface area contributed by atoms with Gasteiger partial charge >= 0.3 is 10.4 Å². The fraction of sp³-hybridized carbons (Fsp3) is 0.929. The van der Waals surface area contributed by atoms with Crippen LogP contribution in [0.5, 0.6) is 0 Å². The number of nitrogens with one attached hydrogen (secondary N) is 4. The van der Waals surface area contributed by atoms with Gasteiger partial charge in [-0.3, -0.25) is 23.7 Å². The van der Waals surface area contributed by atoms with Gasteiger partial charge in [-0.15, -0.1) is 0 Å². The lowest BCUT2D eigenvalue weighted by Gasteiger charge is -2.51. The fourth-order valence-corrected chi connectivity index (χ4v) is 13.2. The van der Waals surface area contributed by atoms with Crippen LogP contribution in [0.2, 0.25) is 0 Å². The maximum atomic E-state index is 13.0. The van der Waals surface area contributed by atoms with Gasteiger partial charge in [0.05, 0.1) is 65.0 Å². The molecular weight excluding hydrogens is 1450 g/mol. The average molecular weight is 1550 g/mol. The van der Waals surface area contributed by atoms with E-state index in [0.29, 0.717) is 0 Å². The Morgan fingerprint density at radius 1 is 0.404 bits per heavy atom. The molecule has 7 aliphatic rings. The number of carbonyl (C=O) groups is 4. The molecule has 0 aromatic rings. The van der Waals surface area contributed by atoms with Crippen LogP contribution in [-0.2, 0) is 100 Å². The molecule has 604 valence electrons. The summed E-state index contributed by atoms with van der Waals surface area (Å²) >= 11 is 0. The monoisotopic (exact) mass is 1540 g/mol. The van der Waals surface area contributed by atoms with Crippen molar-refractivity contribution >= 4 is 34.0 Å². The molecule has 39 atom stereocenters. The van der Waals surface area contributed by atoms with Crippen LogP contribution in [0.4, 0.5) is 0 Å². The van der Waals surface area contributed by atoms with Crippen molar-refractivity contribution in [1.29, 1.82) is 0 Å². The van der Waals surface area contributed by atoms with Gasteiger partial charge in [-0.2, -0.15) is 8.42 Å². The number of ether oxygens (including phenoxy) is 14. The molecule has 7 rings (SSSR count). The molecule has 0 spiro atoms. The zero-order chi connectivity index (χ0) is 77.4. The number of aliphatic hydroxyl groups is 21. The van der Waals surface area contributed by atoms with Crippen LogP contribution in [0.15, 0.2) is 0 Å². The second-order valence-corrected chi connectivity index (χ2v) is 26.7. The van der Waals surface area contributed by atoms with E-state index in [-0.39, 0.29) is 0 Å². The molecule has 0 aromatic carbocycles. The van der Waals surface area contributed by atoms with Crippen LogP contribution < -0.4 is 21.3 Å². The number of aliphatic hydroxyl groups excluding tert-OH is 21. The molecule has 0 saturated carbocycles. The third-order valence-electron chi connectivity index (χ3n) is 18.1. The molecule has 26 N–H and O–H groups in total. The lowest BCUT2D eigenvalue weighted by atomic mass is 9.94. The first kappa shape index (κ1) is 87.6. The van der Waals surface area contributed by atoms with E-state index in [1.165, 1.54) is 6.92 Å². The summed E-state index contributed by atoms with van der Waals surface area (Å²) in [6.45, 7) is -3.87. The van der Waals surface area contributed by atoms with Crippen molar-refractivity contribution in [2.45, 2.75) is 274 Å². The van der Waals surface area contributed by atoms with Gasteiger partial charge in [0.25, 0.3) is 0 Å². The molecule has 7 heterocycles. The number of amides is 4. The van der Waals surface area contributed by atoms with E-state index in [0.717, 1.165) is 27.7 Å². The molecule has 0 aromatic heterocycles. The highest BCUT2D eigenvalue weighted by Crippen LogP contribution is 2.38. The van der Waals surface area contributed by atoms with Crippen LogP contribution in [0, 0.1) is 0 Å². The van der Waals surface area contributed by atoms with Crippen LogP contribution in [0.1, 0.15) is 34.6 Å². The van der Waals surface area contributed by atoms with Crippen LogP contribution >= 0.6 is 0 Å². The summed E-state index contributed by atoms with van der Waals surface area (Å²) in [5.74, 6) is -3.75. The standard InChI is InChI=1S/C56H96N4O43S/c1-14-30(72)38(80)41(83)53(91-14)89-12-20(71)44(31(73)19(6-61)57-15(2)67)98-50-27(58-16(3)68)36(78)46(24(10-65)94-50)100-55-43(85)48(34(76)26(97-55)13-90-54-42(84)39(81)32(74)21(7-62)92-54)101-56-49(40(82)33(75)22(8-63)93-56)102-52-28(59-17(4)69)35(77)45(23(9-64)95-52)99-51-29(60-18(5)70)37(79)47(25(11-66)96-51)103-104(86,87)88/h14,19-56,61-66,71-85H,6-13H2,1-5H3,(H,57,67)(H,58,68)(H,59,69)(H,60,70)(H,86,87,88)/t14-,19-,20+,21+,22+,23+,24+,25+,26+,27+,28+,29+,30+,31+,32+,33+,34+,35+,36+,37+,38+,39-,40-,41-,42-,43-,44+,45+,46+,47-,48-,49-,50-,51-,52-,53+,54-,55-,56+/m0/s1. The number of hydrogen-bond donors (Lipinski definition) is 26. The van der Waals surface area contributed by atoms with Gasteiger partial charge in [-0.05, 0) is 6.92 Å². The number of carbonyl (C=O) groups excluding carboxylic acids is 4. The van der Waals surface area contributed by atoms with E-state index >= 15 is 0 Å². The second-order valence-electron chi connectivity index (χ2n) is 25.6. The summed E-state index contributed by atoms with van der Waals surface area (Å²) in [4.78, 5) is 50.6. The highest BCUT2D eigenvalue weighted by atomic mass is 32.3. The van der Waals surface area contributed by atoms with Gasteiger partial charge in [-0.1, -0.05) is 0 Å². The third-order valence-corrected chi connectivity index (χ3v) is 18.5. The van der Waals surface area contributed by atoms with Crippen molar-refractivity contribution in [1.82, 2.24) is 21.3 Å². The molecule has 0 bridgehead atoms. The van der Waals surface area contributed by atoms with Gasteiger partial charge in [0.1, 0.15) is 183 Å². The maximum Gasteiger partial charge on any atom is 0.397 e.